The average molecular weight is 230 g/mol. The maximum absolute atomic E-state index is 10.7. The second-order valence-electron chi connectivity index (χ2n) is 3.60. The van der Waals surface area contributed by atoms with Crippen LogP contribution in [0.2, 0.25) is 0 Å². The minimum Gasteiger partial charge on any atom is -0.355 e. The lowest BCUT2D eigenvalue weighted by Crippen LogP contribution is -2.41. The molecule has 94 valence electrons. The number of rotatable bonds is 8. The van der Waals surface area contributed by atoms with Crippen LogP contribution in [0, 0.1) is 0 Å². The van der Waals surface area contributed by atoms with Gasteiger partial charge in [-0.25, -0.2) is 0 Å². The molecule has 6 nitrogen and oxygen atoms in total. The maximum Gasteiger partial charge on any atom is 0.216 e. The highest BCUT2D eigenvalue weighted by molar-refractivity contribution is 5.73. The highest BCUT2D eigenvalue weighted by Crippen LogP contribution is 1.85. The lowest BCUT2D eigenvalue weighted by atomic mass is 10.4. The molecule has 0 heterocycles. The van der Waals surface area contributed by atoms with Gasteiger partial charge >= 0.3 is 0 Å². The van der Waals surface area contributed by atoms with Crippen molar-refractivity contribution >= 4 is 11.8 Å². The molecule has 0 aromatic carbocycles. The van der Waals surface area contributed by atoms with Crippen molar-refractivity contribution in [3.05, 3.63) is 0 Å². The topological polar surface area (TPSA) is 87.5 Å². The first-order valence-electron chi connectivity index (χ1n) is 5.47. The third kappa shape index (κ3) is 9.42. The van der Waals surface area contributed by atoms with Crippen LogP contribution in [0.4, 0.5) is 0 Å². The Morgan fingerprint density at radius 3 is 1.75 bits per heavy atom. The third-order valence-corrected chi connectivity index (χ3v) is 2.05. The molecule has 0 aliphatic carbocycles. The Balaban J connectivity index is 3.69. The number of carbonyl (C=O) groups excluding carboxylic acids is 2. The zero-order chi connectivity index (χ0) is 12.4. The largest absolute Gasteiger partial charge is 0.355 e. The fourth-order valence-corrected chi connectivity index (χ4v) is 1.30. The first-order chi connectivity index (χ1) is 7.56. The van der Waals surface area contributed by atoms with Gasteiger partial charge in [0.1, 0.15) is 0 Å². The molecule has 0 fully saturated rings. The zero-order valence-electron chi connectivity index (χ0n) is 10.1. The van der Waals surface area contributed by atoms with Gasteiger partial charge in [0.25, 0.3) is 0 Å². The predicted molar refractivity (Wildman–Crippen MR) is 62.9 cm³/mol. The van der Waals surface area contributed by atoms with Crippen LogP contribution in [0.3, 0.4) is 0 Å². The van der Waals surface area contributed by atoms with E-state index < -0.39 is 0 Å². The lowest BCUT2D eigenvalue weighted by Gasteiger charge is -2.21. The van der Waals surface area contributed by atoms with Gasteiger partial charge in [-0.2, -0.15) is 0 Å². The summed E-state index contributed by atoms with van der Waals surface area (Å²) in [6.07, 6.45) is 0. The van der Waals surface area contributed by atoms with Gasteiger partial charge in [-0.15, -0.1) is 0 Å². The zero-order valence-corrected chi connectivity index (χ0v) is 10.1. The van der Waals surface area contributed by atoms with Crippen LogP contribution < -0.4 is 16.4 Å². The second-order valence-corrected chi connectivity index (χ2v) is 3.60. The fourth-order valence-electron chi connectivity index (χ4n) is 1.30. The van der Waals surface area contributed by atoms with Crippen LogP contribution >= 0.6 is 0 Å². The van der Waals surface area contributed by atoms with Crippen molar-refractivity contribution in [1.82, 2.24) is 15.5 Å². The summed E-state index contributed by atoms with van der Waals surface area (Å²) in [4.78, 5) is 23.5. The fraction of sp³-hybridized carbons (Fsp3) is 0.800. The van der Waals surface area contributed by atoms with E-state index in [1.54, 1.807) is 0 Å². The standard InChI is InChI=1S/C10H22N4O2/c1-9(15)12-4-7-14(6-3-11)8-5-13-10(2)16/h3-8,11H2,1-2H3,(H,12,15)(H,13,16). The van der Waals surface area contributed by atoms with Crippen LogP contribution in [0.15, 0.2) is 0 Å². The lowest BCUT2D eigenvalue weighted by molar-refractivity contribution is -0.119. The van der Waals surface area contributed by atoms with E-state index in [1.807, 2.05) is 0 Å². The van der Waals surface area contributed by atoms with Gasteiger partial charge in [0.2, 0.25) is 11.8 Å². The molecule has 0 rings (SSSR count). The molecule has 6 heteroatoms. The van der Waals surface area contributed by atoms with E-state index in [0.717, 1.165) is 19.6 Å². The minimum atomic E-state index is -0.0328. The van der Waals surface area contributed by atoms with Gasteiger partial charge in [-0.1, -0.05) is 0 Å². The van der Waals surface area contributed by atoms with Crippen molar-refractivity contribution in [3.63, 3.8) is 0 Å². The van der Waals surface area contributed by atoms with Crippen LogP contribution in [0.1, 0.15) is 13.8 Å². The average Bonchev–Trinajstić information content (AvgIpc) is 2.16. The number of amides is 2. The first kappa shape index (κ1) is 14.9. The second kappa shape index (κ2) is 9.11. The molecule has 4 N–H and O–H groups in total. The number of carbonyl (C=O) groups is 2. The number of hydrogen-bond donors (Lipinski definition) is 3. The third-order valence-electron chi connectivity index (χ3n) is 2.05. The van der Waals surface area contributed by atoms with Gasteiger partial charge in [0.05, 0.1) is 0 Å². The van der Waals surface area contributed by atoms with Crippen LogP contribution in [0.5, 0.6) is 0 Å². The van der Waals surface area contributed by atoms with Crippen molar-refractivity contribution in [1.29, 1.82) is 0 Å². The first-order valence-corrected chi connectivity index (χ1v) is 5.47. The molecule has 0 spiro atoms. The van der Waals surface area contributed by atoms with Gasteiger partial charge in [0, 0.05) is 53.1 Å². The van der Waals surface area contributed by atoms with Crippen molar-refractivity contribution in [2.45, 2.75) is 13.8 Å². The Hall–Kier alpha value is -1.14. The summed E-state index contributed by atoms with van der Waals surface area (Å²) < 4.78 is 0. The predicted octanol–water partition coefficient (Wildman–Crippen LogP) is -1.48. The summed E-state index contributed by atoms with van der Waals surface area (Å²) in [6.45, 7) is 7.02. The van der Waals surface area contributed by atoms with Gasteiger partial charge < -0.3 is 16.4 Å². The van der Waals surface area contributed by atoms with Gasteiger partial charge in [0.15, 0.2) is 0 Å². The van der Waals surface area contributed by atoms with Crippen LogP contribution in [-0.4, -0.2) is 56.0 Å². The molecule has 0 bridgehead atoms. The molecular weight excluding hydrogens is 208 g/mol. The molecule has 2 amide bonds. The van der Waals surface area contributed by atoms with Crippen molar-refractivity contribution < 1.29 is 9.59 Å². The SMILES string of the molecule is CC(=O)NCCN(CCN)CCNC(C)=O. The van der Waals surface area contributed by atoms with Gasteiger partial charge in [-0.05, 0) is 0 Å². The maximum atomic E-state index is 10.7. The Morgan fingerprint density at radius 2 is 1.44 bits per heavy atom. The summed E-state index contributed by atoms with van der Waals surface area (Å²) in [7, 11) is 0. The summed E-state index contributed by atoms with van der Waals surface area (Å²) >= 11 is 0. The highest BCUT2D eigenvalue weighted by atomic mass is 16.2. The molecule has 0 saturated carbocycles. The number of nitrogens with zero attached hydrogens (tertiary/aromatic N) is 1. The summed E-state index contributed by atoms with van der Waals surface area (Å²) in [5, 5.41) is 5.45. The van der Waals surface area contributed by atoms with E-state index in [1.165, 1.54) is 13.8 Å². The molecule has 0 aliphatic rings. The molecule has 16 heavy (non-hydrogen) atoms. The van der Waals surface area contributed by atoms with Crippen molar-refractivity contribution in [2.75, 3.05) is 39.3 Å². The van der Waals surface area contributed by atoms with E-state index in [0.29, 0.717) is 19.6 Å². The van der Waals surface area contributed by atoms with E-state index in [9.17, 15) is 9.59 Å². The quantitative estimate of drug-likeness (QED) is 0.474. The number of nitrogens with one attached hydrogen (secondary N) is 2. The van der Waals surface area contributed by atoms with Gasteiger partial charge in [-0.3, -0.25) is 14.5 Å². The minimum absolute atomic E-state index is 0.0328. The Kier molecular flexibility index (Phi) is 8.46. The molecule has 0 aromatic rings. The van der Waals surface area contributed by atoms with Crippen molar-refractivity contribution in [3.8, 4) is 0 Å². The molecule has 0 saturated heterocycles. The summed E-state index contributed by atoms with van der Waals surface area (Å²) in [6, 6.07) is 0. The molecule has 0 atom stereocenters. The highest BCUT2D eigenvalue weighted by Gasteiger charge is 2.03. The van der Waals surface area contributed by atoms with E-state index in [-0.39, 0.29) is 11.8 Å². The molecule has 0 aliphatic heterocycles. The van der Waals surface area contributed by atoms with Crippen LogP contribution in [-0.2, 0) is 9.59 Å². The Labute approximate surface area is 96.5 Å². The number of hydrogen-bond acceptors (Lipinski definition) is 4. The molecule has 0 aromatic heterocycles. The van der Waals surface area contributed by atoms with E-state index in [2.05, 4.69) is 15.5 Å². The number of nitrogens with two attached hydrogens (primary N) is 1. The summed E-state index contributed by atoms with van der Waals surface area (Å²) in [5.74, 6) is -0.0656. The van der Waals surface area contributed by atoms with Crippen molar-refractivity contribution in [2.24, 2.45) is 5.73 Å². The smallest absolute Gasteiger partial charge is 0.216 e. The summed E-state index contributed by atoms with van der Waals surface area (Å²) in [5.41, 5.74) is 5.48. The Bertz CT molecular complexity index is 201. The van der Waals surface area contributed by atoms with Crippen LogP contribution in [0.25, 0.3) is 0 Å². The van der Waals surface area contributed by atoms with E-state index in [4.69, 9.17) is 5.73 Å². The molecule has 0 unspecified atom stereocenters. The Morgan fingerprint density at radius 1 is 1.00 bits per heavy atom. The normalized spacial score (nSPS) is 10.2. The molecule has 0 radical (unpaired) electrons. The monoisotopic (exact) mass is 230 g/mol. The molecular formula is C10H22N4O2. The van der Waals surface area contributed by atoms with E-state index >= 15 is 0 Å².